The van der Waals surface area contributed by atoms with E-state index in [9.17, 15) is 0 Å². The summed E-state index contributed by atoms with van der Waals surface area (Å²) in [6.45, 7) is 0. The van der Waals surface area contributed by atoms with Gasteiger partial charge >= 0.3 is 0 Å². The second-order valence-corrected chi connectivity index (χ2v) is 2.16. The third-order valence-electron chi connectivity index (χ3n) is 1.41. The van der Waals surface area contributed by atoms with E-state index in [1.807, 2.05) is 24.4 Å². The first-order valence-electron chi connectivity index (χ1n) is 3.37. The Hall–Kier alpha value is -1.35. The Bertz CT molecular complexity index is 317. The summed E-state index contributed by atoms with van der Waals surface area (Å²) in [5.41, 5.74) is 0.984. The molecule has 0 saturated carbocycles. The largest absolute Gasteiger partial charge is 0.262 e. The van der Waals surface area contributed by atoms with Gasteiger partial charge in [-0.05, 0) is 18.2 Å². The molecular formula is C8H8ClN3. The van der Waals surface area contributed by atoms with Gasteiger partial charge in [-0.1, -0.05) is 0 Å². The summed E-state index contributed by atoms with van der Waals surface area (Å²) in [6.07, 6.45) is 7.14. The summed E-state index contributed by atoms with van der Waals surface area (Å²) < 4.78 is 1.77. The van der Waals surface area contributed by atoms with Crippen molar-refractivity contribution >= 4 is 12.4 Å². The molecule has 3 nitrogen and oxygen atoms in total. The number of hydrogen-bond acceptors (Lipinski definition) is 2. The highest BCUT2D eigenvalue weighted by atomic mass is 35.5. The fraction of sp³-hybridized carbons (Fsp3) is 0. The summed E-state index contributed by atoms with van der Waals surface area (Å²) in [5, 5.41) is 4.06. The minimum Gasteiger partial charge on any atom is -0.262 e. The third-order valence-corrected chi connectivity index (χ3v) is 1.41. The van der Waals surface area contributed by atoms with Gasteiger partial charge in [-0.15, -0.1) is 12.4 Å². The Labute approximate surface area is 76.5 Å². The maximum atomic E-state index is 4.06. The standard InChI is InChI=1S/C8H7N3.ClH/c1-3-8(7-9-4-1)11-6-2-5-10-11;/h1-7H;1H. The van der Waals surface area contributed by atoms with Crippen LogP contribution >= 0.6 is 12.4 Å². The Morgan fingerprint density at radius 1 is 1.17 bits per heavy atom. The first-order chi connectivity index (χ1) is 5.47. The molecule has 0 aliphatic rings. The van der Waals surface area contributed by atoms with Gasteiger partial charge in [0, 0.05) is 18.6 Å². The van der Waals surface area contributed by atoms with E-state index in [0.29, 0.717) is 0 Å². The van der Waals surface area contributed by atoms with Crippen molar-refractivity contribution in [3.05, 3.63) is 43.0 Å². The molecule has 0 saturated heterocycles. The van der Waals surface area contributed by atoms with E-state index < -0.39 is 0 Å². The van der Waals surface area contributed by atoms with Gasteiger partial charge in [0.15, 0.2) is 0 Å². The van der Waals surface area contributed by atoms with Crippen molar-refractivity contribution in [2.45, 2.75) is 0 Å². The quantitative estimate of drug-likeness (QED) is 0.671. The lowest BCUT2D eigenvalue weighted by molar-refractivity contribution is 0.874. The minimum absolute atomic E-state index is 0. The van der Waals surface area contributed by atoms with Crippen molar-refractivity contribution < 1.29 is 0 Å². The molecule has 0 fully saturated rings. The number of pyridine rings is 1. The van der Waals surface area contributed by atoms with Crippen LogP contribution in [0.3, 0.4) is 0 Å². The second kappa shape index (κ2) is 3.88. The average molecular weight is 182 g/mol. The summed E-state index contributed by atoms with van der Waals surface area (Å²) >= 11 is 0. The molecule has 0 unspecified atom stereocenters. The maximum absolute atomic E-state index is 4.06. The van der Waals surface area contributed by atoms with Crippen LogP contribution in [-0.4, -0.2) is 14.8 Å². The predicted octanol–water partition coefficient (Wildman–Crippen LogP) is 1.69. The van der Waals surface area contributed by atoms with E-state index in [0.717, 1.165) is 5.69 Å². The lowest BCUT2D eigenvalue weighted by atomic mass is 10.4. The highest BCUT2D eigenvalue weighted by Crippen LogP contribution is 2.00. The topological polar surface area (TPSA) is 30.7 Å². The average Bonchev–Trinajstić information content (AvgIpc) is 2.58. The van der Waals surface area contributed by atoms with E-state index in [1.54, 1.807) is 23.3 Å². The summed E-state index contributed by atoms with van der Waals surface area (Å²) in [7, 11) is 0. The van der Waals surface area contributed by atoms with Crippen LogP contribution in [0.1, 0.15) is 0 Å². The molecule has 0 aromatic carbocycles. The molecule has 0 spiro atoms. The molecular weight excluding hydrogens is 174 g/mol. The van der Waals surface area contributed by atoms with Crippen molar-refractivity contribution in [2.24, 2.45) is 0 Å². The Balaban J connectivity index is 0.000000720. The zero-order valence-electron chi connectivity index (χ0n) is 6.29. The number of aromatic nitrogens is 3. The molecule has 0 N–H and O–H groups in total. The van der Waals surface area contributed by atoms with Crippen LogP contribution in [0.25, 0.3) is 5.69 Å². The van der Waals surface area contributed by atoms with Crippen molar-refractivity contribution in [3.63, 3.8) is 0 Å². The Morgan fingerprint density at radius 2 is 2.08 bits per heavy atom. The number of hydrogen-bond donors (Lipinski definition) is 0. The van der Waals surface area contributed by atoms with Gasteiger partial charge < -0.3 is 0 Å². The van der Waals surface area contributed by atoms with Crippen molar-refractivity contribution in [3.8, 4) is 5.69 Å². The molecule has 2 aromatic rings. The van der Waals surface area contributed by atoms with Gasteiger partial charge in [-0.2, -0.15) is 5.10 Å². The lowest BCUT2D eigenvalue weighted by Gasteiger charge is -1.96. The molecule has 2 rings (SSSR count). The highest BCUT2D eigenvalue weighted by molar-refractivity contribution is 5.85. The normalized spacial score (nSPS) is 9.00. The zero-order chi connectivity index (χ0) is 7.52. The molecule has 4 heteroatoms. The van der Waals surface area contributed by atoms with E-state index in [2.05, 4.69) is 10.1 Å². The molecule has 2 aromatic heterocycles. The smallest absolute Gasteiger partial charge is 0.0828 e. The second-order valence-electron chi connectivity index (χ2n) is 2.16. The molecule has 0 amide bonds. The predicted molar refractivity (Wildman–Crippen MR) is 48.6 cm³/mol. The van der Waals surface area contributed by atoms with E-state index in [1.165, 1.54) is 0 Å². The van der Waals surface area contributed by atoms with Crippen LogP contribution in [0.2, 0.25) is 0 Å². The SMILES string of the molecule is Cl.c1cncc(-n2cccn2)c1. The number of nitrogens with zero attached hydrogens (tertiary/aromatic N) is 3. The van der Waals surface area contributed by atoms with Crippen LogP contribution in [0.5, 0.6) is 0 Å². The third kappa shape index (κ3) is 1.62. The minimum atomic E-state index is 0. The molecule has 2 heterocycles. The van der Waals surface area contributed by atoms with Crippen molar-refractivity contribution in [2.75, 3.05) is 0 Å². The Morgan fingerprint density at radius 3 is 2.67 bits per heavy atom. The van der Waals surface area contributed by atoms with Crippen LogP contribution in [-0.2, 0) is 0 Å². The first-order valence-corrected chi connectivity index (χ1v) is 3.37. The van der Waals surface area contributed by atoms with E-state index in [-0.39, 0.29) is 12.4 Å². The number of rotatable bonds is 1. The molecule has 12 heavy (non-hydrogen) atoms. The lowest BCUT2D eigenvalue weighted by Crippen LogP contribution is -1.93. The van der Waals surface area contributed by atoms with Crippen LogP contribution in [0.4, 0.5) is 0 Å². The van der Waals surface area contributed by atoms with Gasteiger partial charge in [0.25, 0.3) is 0 Å². The zero-order valence-corrected chi connectivity index (χ0v) is 7.11. The fourth-order valence-corrected chi connectivity index (χ4v) is 0.911. The van der Waals surface area contributed by atoms with Crippen molar-refractivity contribution in [1.82, 2.24) is 14.8 Å². The molecule has 0 bridgehead atoms. The summed E-state index contributed by atoms with van der Waals surface area (Å²) in [6, 6.07) is 5.73. The van der Waals surface area contributed by atoms with E-state index >= 15 is 0 Å². The van der Waals surface area contributed by atoms with Gasteiger partial charge in [-0.3, -0.25) is 4.98 Å². The number of halogens is 1. The van der Waals surface area contributed by atoms with Gasteiger partial charge in [0.1, 0.15) is 0 Å². The van der Waals surface area contributed by atoms with Crippen molar-refractivity contribution in [1.29, 1.82) is 0 Å². The maximum Gasteiger partial charge on any atom is 0.0828 e. The summed E-state index contributed by atoms with van der Waals surface area (Å²) in [4.78, 5) is 3.98. The van der Waals surface area contributed by atoms with Gasteiger partial charge in [-0.25, -0.2) is 4.68 Å². The monoisotopic (exact) mass is 181 g/mol. The molecule has 0 atom stereocenters. The van der Waals surface area contributed by atoms with E-state index in [4.69, 9.17) is 0 Å². The molecule has 0 aliphatic carbocycles. The van der Waals surface area contributed by atoms with Crippen LogP contribution < -0.4 is 0 Å². The molecule has 0 aliphatic heterocycles. The Kier molecular flexibility index (Phi) is 2.82. The first kappa shape index (κ1) is 8.74. The molecule has 62 valence electrons. The van der Waals surface area contributed by atoms with Gasteiger partial charge in [0.05, 0.1) is 11.9 Å². The van der Waals surface area contributed by atoms with Gasteiger partial charge in [0.2, 0.25) is 0 Å². The molecule has 0 radical (unpaired) electrons. The fourth-order valence-electron chi connectivity index (χ4n) is 0.911. The van der Waals surface area contributed by atoms with Crippen LogP contribution in [0, 0.1) is 0 Å². The summed E-state index contributed by atoms with van der Waals surface area (Å²) in [5.74, 6) is 0. The highest BCUT2D eigenvalue weighted by Gasteiger charge is 1.91. The van der Waals surface area contributed by atoms with Crippen LogP contribution in [0.15, 0.2) is 43.0 Å².